The van der Waals surface area contributed by atoms with Crippen molar-refractivity contribution in [2.45, 2.75) is 40.2 Å². The van der Waals surface area contributed by atoms with Gasteiger partial charge in [0.15, 0.2) is 5.69 Å². The number of thiazole rings is 1. The number of carbonyl (C=O) groups is 2. The number of rotatable bonds is 7. The molecule has 2 unspecified atom stereocenters. The maximum atomic E-state index is 12.2. The fraction of sp³-hybridized carbons (Fsp3) is 0.643. The lowest BCUT2D eigenvalue weighted by Crippen LogP contribution is -2.42. The van der Waals surface area contributed by atoms with Gasteiger partial charge in [-0.15, -0.1) is 11.3 Å². The molecule has 1 heterocycles. The van der Waals surface area contributed by atoms with Crippen molar-refractivity contribution in [3.8, 4) is 0 Å². The molecule has 0 spiro atoms. The number of carboxylic acid groups (broad SMARTS) is 1. The van der Waals surface area contributed by atoms with Crippen LogP contribution in [0.4, 0.5) is 4.79 Å². The average molecular weight is 313 g/mol. The third kappa shape index (κ3) is 5.00. The molecule has 118 valence electrons. The molecular weight excluding hydrogens is 290 g/mol. The van der Waals surface area contributed by atoms with Crippen molar-refractivity contribution in [1.29, 1.82) is 0 Å². The first-order chi connectivity index (χ1) is 9.88. The molecule has 0 aliphatic carbocycles. The highest BCUT2D eigenvalue weighted by Crippen LogP contribution is 2.18. The van der Waals surface area contributed by atoms with Gasteiger partial charge in [0.2, 0.25) is 0 Å². The number of hydrogen-bond acceptors (Lipinski definition) is 4. The van der Waals surface area contributed by atoms with Crippen LogP contribution in [0.5, 0.6) is 0 Å². The van der Waals surface area contributed by atoms with E-state index in [1.54, 1.807) is 11.8 Å². The molecule has 21 heavy (non-hydrogen) atoms. The molecule has 1 aromatic rings. The van der Waals surface area contributed by atoms with E-state index < -0.39 is 5.97 Å². The number of aromatic nitrogens is 1. The second-order valence-electron chi connectivity index (χ2n) is 5.10. The van der Waals surface area contributed by atoms with E-state index in [2.05, 4.69) is 24.1 Å². The van der Waals surface area contributed by atoms with E-state index >= 15 is 0 Å². The zero-order valence-electron chi connectivity index (χ0n) is 12.9. The summed E-state index contributed by atoms with van der Waals surface area (Å²) >= 11 is 1.24. The molecule has 0 radical (unpaired) electrons. The molecule has 2 amide bonds. The quantitative estimate of drug-likeness (QED) is 0.810. The van der Waals surface area contributed by atoms with Crippen LogP contribution in [-0.4, -0.2) is 40.1 Å². The van der Waals surface area contributed by atoms with Crippen LogP contribution in [0, 0.1) is 5.92 Å². The molecule has 0 aliphatic rings. The van der Waals surface area contributed by atoms with Gasteiger partial charge in [-0.3, -0.25) is 0 Å². The van der Waals surface area contributed by atoms with Crippen molar-refractivity contribution < 1.29 is 14.7 Å². The molecule has 6 nitrogen and oxygen atoms in total. The lowest BCUT2D eigenvalue weighted by atomic mass is 10.1. The van der Waals surface area contributed by atoms with E-state index in [-0.39, 0.29) is 17.8 Å². The van der Waals surface area contributed by atoms with Gasteiger partial charge >= 0.3 is 12.0 Å². The maximum Gasteiger partial charge on any atom is 0.355 e. The Morgan fingerprint density at radius 1 is 1.43 bits per heavy atom. The van der Waals surface area contributed by atoms with Gasteiger partial charge < -0.3 is 15.3 Å². The first-order valence-electron chi connectivity index (χ1n) is 7.13. The molecule has 2 atom stereocenters. The van der Waals surface area contributed by atoms with E-state index in [1.165, 1.54) is 16.7 Å². The molecule has 0 aliphatic heterocycles. The highest BCUT2D eigenvalue weighted by molar-refractivity contribution is 7.09. The number of nitrogens with zero attached hydrogens (tertiary/aromatic N) is 2. The number of carbonyl (C=O) groups excluding carboxylic acids is 1. The van der Waals surface area contributed by atoms with Crippen LogP contribution in [0.25, 0.3) is 0 Å². The zero-order valence-corrected chi connectivity index (χ0v) is 13.7. The van der Waals surface area contributed by atoms with Crippen LogP contribution in [-0.2, 0) is 0 Å². The standard InChI is InChI=1S/C14H23N3O3S/c1-5-9(3)7-17(6-2)14(20)15-10(4)12-16-11(8-21-12)13(18)19/h8-10H,5-7H2,1-4H3,(H,15,20)(H,18,19). The summed E-state index contributed by atoms with van der Waals surface area (Å²) in [6.45, 7) is 9.31. The zero-order chi connectivity index (χ0) is 16.0. The van der Waals surface area contributed by atoms with E-state index in [0.717, 1.165) is 6.42 Å². The van der Waals surface area contributed by atoms with Gasteiger partial charge in [-0.05, 0) is 19.8 Å². The van der Waals surface area contributed by atoms with Crippen molar-refractivity contribution >= 4 is 23.3 Å². The first kappa shape index (κ1) is 17.4. The fourth-order valence-corrected chi connectivity index (χ4v) is 2.58. The third-order valence-electron chi connectivity index (χ3n) is 3.35. The van der Waals surface area contributed by atoms with Crippen molar-refractivity contribution in [2.75, 3.05) is 13.1 Å². The number of urea groups is 1. The molecule has 0 fully saturated rings. The molecular formula is C14H23N3O3S. The summed E-state index contributed by atoms with van der Waals surface area (Å²) in [6.07, 6.45) is 1.02. The maximum absolute atomic E-state index is 12.2. The van der Waals surface area contributed by atoms with Crippen molar-refractivity contribution in [2.24, 2.45) is 5.92 Å². The molecule has 0 bridgehead atoms. The van der Waals surface area contributed by atoms with Crippen molar-refractivity contribution in [3.05, 3.63) is 16.1 Å². The lowest BCUT2D eigenvalue weighted by molar-refractivity contribution is 0.0691. The van der Waals surface area contributed by atoms with Crippen LogP contribution < -0.4 is 5.32 Å². The normalized spacial score (nSPS) is 13.5. The summed E-state index contributed by atoms with van der Waals surface area (Å²) < 4.78 is 0. The SMILES string of the molecule is CCC(C)CN(CC)C(=O)NC(C)c1nc(C(=O)O)cs1. The Bertz CT molecular complexity index is 490. The van der Waals surface area contributed by atoms with Crippen LogP contribution >= 0.6 is 11.3 Å². The van der Waals surface area contributed by atoms with Crippen LogP contribution in [0.3, 0.4) is 0 Å². The second kappa shape index (κ2) is 7.97. The Morgan fingerprint density at radius 2 is 2.10 bits per heavy atom. The van der Waals surface area contributed by atoms with Gasteiger partial charge in [-0.1, -0.05) is 20.3 Å². The predicted molar refractivity (Wildman–Crippen MR) is 82.7 cm³/mol. The minimum absolute atomic E-state index is 0.0167. The number of nitrogens with one attached hydrogen (secondary N) is 1. The van der Waals surface area contributed by atoms with Crippen molar-refractivity contribution in [1.82, 2.24) is 15.2 Å². The lowest BCUT2D eigenvalue weighted by Gasteiger charge is -2.25. The van der Waals surface area contributed by atoms with Crippen LogP contribution in [0.1, 0.15) is 55.7 Å². The summed E-state index contributed by atoms with van der Waals surface area (Å²) in [5, 5.41) is 13.8. The number of carboxylic acids is 1. The van der Waals surface area contributed by atoms with Gasteiger partial charge in [0.25, 0.3) is 0 Å². The third-order valence-corrected chi connectivity index (χ3v) is 4.38. The Morgan fingerprint density at radius 3 is 2.57 bits per heavy atom. The van der Waals surface area contributed by atoms with Gasteiger partial charge in [-0.25, -0.2) is 14.6 Å². The molecule has 0 saturated heterocycles. The second-order valence-corrected chi connectivity index (χ2v) is 5.99. The van der Waals surface area contributed by atoms with E-state index in [0.29, 0.717) is 24.0 Å². The molecule has 2 N–H and O–H groups in total. The topological polar surface area (TPSA) is 82.5 Å². The smallest absolute Gasteiger partial charge is 0.355 e. The number of hydrogen-bond donors (Lipinski definition) is 2. The fourth-order valence-electron chi connectivity index (χ4n) is 1.78. The predicted octanol–water partition coefficient (Wildman–Crippen LogP) is 2.98. The highest BCUT2D eigenvalue weighted by atomic mass is 32.1. The van der Waals surface area contributed by atoms with Gasteiger partial charge in [0.1, 0.15) is 5.01 Å². The minimum atomic E-state index is -1.05. The Hall–Kier alpha value is -1.63. The molecule has 1 aromatic heterocycles. The Labute approximate surface area is 129 Å². The number of aromatic carboxylic acids is 1. The number of amides is 2. The van der Waals surface area contributed by atoms with Crippen LogP contribution in [0.2, 0.25) is 0 Å². The molecule has 0 saturated carbocycles. The average Bonchev–Trinajstić information content (AvgIpc) is 2.94. The van der Waals surface area contributed by atoms with Gasteiger partial charge in [-0.2, -0.15) is 0 Å². The molecule has 1 rings (SSSR count). The first-order valence-corrected chi connectivity index (χ1v) is 8.01. The van der Waals surface area contributed by atoms with E-state index in [9.17, 15) is 9.59 Å². The van der Waals surface area contributed by atoms with Crippen LogP contribution in [0.15, 0.2) is 5.38 Å². The minimum Gasteiger partial charge on any atom is -0.476 e. The summed E-state index contributed by atoms with van der Waals surface area (Å²) in [5.74, 6) is -0.604. The van der Waals surface area contributed by atoms with Crippen molar-refractivity contribution in [3.63, 3.8) is 0 Å². The summed E-state index contributed by atoms with van der Waals surface area (Å²) in [4.78, 5) is 28.8. The molecule has 0 aromatic carbocycles. The van der Waals surface area contributed by atoms with Gasteiger partial charge in [0, 0.05) is 18.5 Å². The highest BCUT2D eigenvalue weighted by Gasteiger charge is 2.19. The van der Waals surface area contributed by atoms with Gasteiger partial charge in [0.05, 0.1) is 6.04 Å². The van der Waals surface area contributed by atoms with E-state index in [4.69, 9.17) is 5.11 Å². The monoisotopic (exact) mass is 313 g/mol. The summed E-state index contributed by atoms with van der Waals surface area (Å²) in [5.41, 5.74) is 0.0167. The largest absolute Gasteiger partial charge is 0.476 e. The Balaban J connectivity index is 2.64. The molecule has 7 heteroatoms. The Kier molecular flexibility index (Phi) is 6.61. The van der Waals surface area contributed by atoms with E-state index in [1.807, 2.05) is 6.92 Å². The summed E-state index contributed by atoms with van der Waals surface area (Å²) in [6, 6.07) is -0.445. The summed E-state index contributed by atoms with van der Waals surface area (Å²) in [7, 11) is 0.